The number of carbonyl (C=O) groups is 1. The van der Waals surface area contributed by atoms with Gasteiger partial charge in [-0.3, -0.25) is 9.69 Å². The molecule has 0 spiro atoms. The highest BCUT2D eigenvalue weighted by Gasteiger charge is 2.25. The van der Waals surface area contributed by atoms with Gasteiger partial charge in [-0.15, -0.1) is 0 Å². The van der Waals surface area contributed by atoms with Crippen LogP contribution in [-0.4, -0.2) is 23.8 Å². The quantitative estimate of drug-likeness (QED) is 0.508. The van der Waals surface area contributed by atoms with Gasteiger partial charge in [-0.2, -0.15) is 0 Å². The van der Waals surface area contributed by atoms with Crippen LogP contribution >= 0.6 is 0 Å². The molecule has 1 fully saturated rings. The van der Waals surface area contributed by atoms with E-state index in [0.29, 0.717) is 12.3 Å². The van der Waals surface area contributed by atoms with Gasteiger partial charge in [-0.05, 0) is 60.8 Å². The van der Waals surface area contributed by atoms with Crippen LogP contribution in [0.5, 0.6) is 11.5 Å². The molecular weight excluding hydrogens is 346 g/mol. The first-order chi connectivity index (χ1) is 13.8. The number of para-hydroxylation sites is 1. The van der Waals surface area contributed by atoms with Crippen molar-refractivity contribution in [3.05, 3.63) is 96.1 Å². The molecule has 1 saturated heterocycles. The molecular formula is C25H25NO2. The van der Waals surface area contributed by atoms with Gasteiger partial charge in [0, 0.05) is 25.1 Å². The maximum Gasteiger partial charge on any atom is 0.163 e. The van der Waals surface area contributed by atoms with Gasteiger partial charge in [0.2, 0.25) is 0 Å². The average molecular weight is 371 g/mol. The van der Waals surface area contributed by atoms with Crippen LogP contribution in [0.1, 0.15) is 28.8 Å². The minimum absolute atomic E-state index is 0.220. The SMILES string of the molecule is O=C(C[C@H]1CCN(Cc2ccccc2)C1)c1ccc(Oc2ccccc2)cc1. The standard InChI is InChI=1S/C25H25NO2/c27-25(17-21-15-16-26(19-21)18-20-7-3-1-4-8-20)22-11-13-24(14-12-22)28-23-9-5-2-6-10-23/h1-14,21H,15-19H2/t21-/m1/s1. The molecule has 0 N–H and O–H groups in total. The molecule has 142 valence electrons. The number of ketones is 1. The van der Waals surface area contributed by atoms with Gasteiger partial charge in [0.05, 0.1) is 0 Å². The summed E-state index contributed by atoms with van der Waals surface area (Å²) in [5, 5.41) is 0. The molecule has 3 aromatic carbocycles. The molecule has 1 heterocycles. The number of hydrogen-bond acceptors (Lipinski definition) is 3. The molecule has 0 radical (unpaired) electrons. The third-order valence-corrected chi connectivity index (χ3v) is 5.25. The lowest BCUT2D eigenvalue weighted by Crippen LogP contribution is -2.20. The van der Waals surface area contributed by atoms with Gasteiger partial charge in [-0.25, -0.2) is 0 Å². The topological polar surface area (TPSA) is 29.5 Å². The predicted octanol–water partition coefficient (Wildman–Crippen LogP) is 5.57. The number of hydrogen-bond donors (Lipinski definition) is 0. The molecule has 1 atom stereocenters. The summed E-state index contributed by atoms with van der Waals surface area (Å²) < 4.78 is 5.80. The average Bonchev–Trinajstić information content (AvgIpc) is 3.17. The van der Waals surface area contributed by atoms with Crippen LogP contribution in [0.2, 0.25) is 0 Å². The van der Waals surface area contributed by atoms with E-state index in [-0.39, 0.29) is 5.78 Å². The minimum Gasteiger partial charge on any atom is -0.457 e. The predicted molar refractivity (Wildman–Crippen MR) is 112 cm³/mol. The zero-order chi connectivity index (χ0) is 19.2. The van der Waals surface area contributed by atoms with Crippen molar-refractivity contribution in [1.29, 1.82) is 0 Å². The van der Waals surface area contributed by atoms with Crippen LogP contribution < -0.4 is 4.74 Å². The fourth-order valence-electron chi connectivity index (χ4n) is 3.78. The van der Waals surface area contributed by atoms with Crippen LogP contribution in [0.3, 0.4) is 0 Å². The Kier molecular flexibility index (Phi) is 5.83. The van der Waals surface area contributed by atoms with Crippen molar-refractivity contribution in [2.45, 2.75) is 19.4 Å². The first kappa shape index (κ1) is 18.5. The lowest BCUT2D eigenvalue weighted by atomic mass is 9.97. The van der Waals surface area contributed by atoms with Gasteiger partial charge in [-0.1, -0.05) is 48.5 Å². The molecule has 0 saturated carbocycles. The Morgan fingerprint density at radius 1 is 0.857 bits per heavy atom. The summed E-state index contributed by atoms with van der Waals surface area (Å²) in [4.78, 5) is 15.1. The van der Waals surface area contributed by atoms with Gasteiger partial charge in [0.25, 0.3) is 0 Å². The van der Waals surface area contributed by atoms with Gasteiger partial charge >= 0.3 is 0 Å². The smallest absolute Gasteiger partial charge is 0.163 e. The van der Waals surface area contributed by atoms with E-state index in [9.17, 15) is 4.79 Å². The van der Waals surface area contributed by atoms with Crippen molar-refractivity contribution in [3.8, 4) is 11.5 Å². The molecule has 3 nitrogen and oxygen atoms in total. The van der Waals surface area contributed by atoms with Gasteiger partial charge < -0.3 is 4.74 Å². The Bertz CT molecular complexity index is 891. The van der Waals surface area contributed by atoms with Crippen LogP contribution in [0.15, 0.2) is 84.9 Å². The second-order valence-corrected chi connectivity index (χ2v) is 7.44. The highest BCUT2D eigenvalue weighted by atomic mass is 16.5. The van der Waals surface area contributed by atoms with Crippen LogP contribution in [0.4, 0.5) is 0 Å². The highest BCUT2D eigenvalue weighted by Crippen LogP contribution is 2.25. The summed E-state index contributed by atoms with van der Waals surface area (Å²) in [6.07, 6.45) is 1.71. The normalized spacial score (nSPS) is 16.8. The third kappa shape index (κ3) is 4.87. The monoisotopic (exact) mass is 371 g/mol. The summed E-state index contributed by atoms with van der Waals surface area (Å²) in [6, 6.07) is 27.7. The lowest BCUT2D eigenvalue weighted by Gasteiger charge is -2.16. The van der Waals surface area contributed by atoms with E-state index in [2.05, 4.69) is 29.2 Å². The van der Waals surface area contributed by atoms with E-state index in [0.717, 1.165) is 43.1 Å². The third-order valence-electron chi connectivity index (χ3n) is 5.25. The van der Waals surface area contributed by atoms with Crippen molar-refractivity contribution in [2.24, 2.45) is 5.92 Å². The first-order valence-corrected chi connectivity index (χ1v) is 9.89. The number of carbonyl (C=O) groups excluding carboxylic acids is 1. The molecule has 0 aromatic heterocycles. The van der Waals surface area contributed by atoms with E-state index in [4.69, 9.17) is 4.74 Å². The van der Waals surface area contributed by atoms with Crippen molar-refractivity contribution in [2.75, 3.05) is 13.1 Å². The number of rotatable bonds is 7. The van der Waals surface area contributed by atoms with E-state index >= 15 is 0 Å². The zero-order valence-electron chi connectivity index (χ0n) is 16.0. The molecule has 0 bridgehead atoms. The molecule has 3 aromatic rings. The molecule has 0 aliphatic carbocycles. The molecule has 1 aliphatic heterocycles. The molecule has 1 aliphatic rings. The summed E-state index contributed by atoms with van der Waals surface area (Å²) >= 11 is 0. The minimum atomic E-state index is 0.220. The van der Waals surface area contributed by atoms with E-state index in [1.807, 2.05) is 60.7 Å². The van der Waals surface area contributed by atoms with Crippen LogP contribution in [0.25, 0.3) is 0 Å². The molecule has 28 heavy (non-hydrogen) atoms. The van der Waals surface area contributed by atoms with Crippen molar-refractivity contribution in [3.63, 3.8) is 0 Å². The number of ether oxygens (including phenoxy) is 1. The molecule has 3 heteroatoms. The van der Waals surface area contributed by atoms with Gasteiger partial charge in [0.15, 0.2) is 5.78 Å². The van der Waals surface area contributed by atoms with Gasteiger partial charge in [0.1, 0.15) is 11.5 Å². The van der Waals surface area contributed by atoms with Crippen molar-refractivity contribution < 1.29 is 9.53 Å². The van der Waals surface area contributed by atoms with Crippen molar-refractivity contribution in [1.82, 2.24) is 4.90 Å². The highest BCUT2D eigenvalue weighted by molar-refractivity contribution is 5.96. The molecule has 0 amide bonds. The van der Waals surface area contributed by atoms with Crippen LogP contribution in [-0.2, 0) is 6.54 Å². The Morgan fingerprint density at radius 3 is 2.21 bits per heavy atom. The summed E-state index contributed by atoms with van der Waals surface area (Å²) in [5.41, 5.74) is 2.10. The Labute approximate surface area is 166 Å². The van der Waals surface area contributed by atoms with E-state index in [1.165, 1.54) is 5.56 Å². The zero-order valence-corrected chi connectivity index (χ0v) is 16.0. The fraction of sp³-hybridized carbons (Fsp3) is 0.240. The maximum atomic E-state index is 12.7. The second-order valence-electron chi connectivity index (χ2n) is 7.44. The van der Waals surface area contributed by atoms with Crippen molar-refractivity contribution >= 4 is 5.78 Å². The number of Topliss-reactive ketones (excluding diaryl/α,β-unsaturated/α-hetero) is 1. The summed E-state index contributed by atoms with van der Waals surface area (Å²) in [6.45, 7) is 3.03. The second kappa shape index (κ2) is 8.85. The number of benzene rings is 3. The Morgan fingerprint density at radius 2 is 1.50 bits per heavy atom. The Hall–Kier alpha value is -2.91. The fourth-order valence-corrected chi connectivity index (χ4v) is 3.78. The molecule has 0 unspecified atom stereocenters. The summed E-state index contributed by atoms with van der Waals surface area (Å²) in [7, 11) is 0. The lowest BCUT2D eigenvalue weighted by molar-refractivity contribution is 0.0962. The maximum absolute atomic E-state index is 12.7. The van der Waals surface area contributed by atoms with E-state index in [1.54, 1.807) is 0 Å². The van der Waals surface area contributed by atoms with Crippen LogP contribution in [0, 0.1) is 5.92 Å². The van der Waals surface area contributed by atoms with E-state index < -0.39 is 0 Å². The summed E-state index contributed by atoms with van der Waals surface area (Å²) in [5.74, 6) is 2.21. The largest absolute Gasteiger partial charge is 0.457 e. The molecule has 4 rings (SSSR count). The Balaban J connectivity index is 1.29. The number of nitrogens with zero attached hydrogens (tertiary/aromatic N) is 1. The first-order valence-electron chi connectivity index (χ1n) is 9.89. The number of likely N-dealkylation sites (tertiary alicyclic amines) is 1.